The summed E-state index contributed by atoms with van der Waals surface area (Å²) in [5.74, 6) is 0.946. The molecule has 14 heavy (non-hydrogen) atoms. The third-order valence-corrected chi connectivity index (χ3v) is 3.43. The van der Waals surface area contributed by atoms with Gasteiger partial charge in [-0.05, 0) is 36.0 Å². The SMILES string of the molecule is CC.CC1(C)CCCC(C(C)(C)C)C1. The van der Waals surface area contributed by atoms with Crippen molar-refractivity contribution < 1.29 is 0 Å². The Hall–Kier alpha value is 0. The van der Waals surface area contributed by atoms with Gasteiger partial charge in [0.1, 0.15) is 0 Å². The van der Waals surface area contributed by atoms with Crippen LogP contribution in [0.4, 0.5) is 0 Å². The average molecular weight is 198 g/mol. The molecule has 0 aromatic carbocycles. The van der Waals surface area contributed by atoms with Crippen molar-refractivity contribution in [1.82, 2.24) is 0 Å². The molecule has 0 amide bonds. The lowest BCUT2D eigenvalue weighted by Gasteiger charge is -2.41. The van der Waals surface area contributed by atoms with E-state index in [0.29, 0.717) is 10.8 Å². The van der Waals surface area contributed by atoms with E-state index < -0.39 is 0 Å². The van der Waals surface area contributed by atoms with Crippen molar-refractivity contribution in [3.05, 3.63) is 0 Å². The first-order chi connectivity index (χ1) is 6.31. The topological polar surface area (TPSA) is 0 Å². The Balaban J connectivity index is 0.000000791. The van der Waals surface area contributed by atoms with E-state index in [4.69, 9.17) is 0 Å². The minimum absolute atomic E-state index is 0.525. The number of hydrogen-bond donors (Lipinski definition) is 0. The van der Waals surface area contributed by atoms with Gasteiger partial charge in [0.15, 0.2) is 0 Å². The van der Waals surface area contributed by atoms with Crippen molar-refractivity contribution in [3.63, 3.8) is 0 Å². The molecular formula is C14H30. The highest BCUT2D eigenvalue weighted by molar-refractivity contribution is 4.85. The molecule has 86 valence electrons. The molecule has 0 spiro atoms. The van der Waals surface area contributed by atoms with E-state index in [1.54, 1.807) is 0 Å². The van der Waals surface area contributed by atoms with E-state index in [1.807, 2.05) is 13.8 Å². The van der Waals surface area contributed by atoms with Crippen LogP contribution in [0, 0.1) is 16.7 Å². The minimum atomic E-state index is 0.525. The van der Waals surface area contributed by atoms with E-state index in [1.165, 1.54) is 25.7 Å². The van der Waals surface area contributed by atoms with Crippen LogP contribution in [0.25, 0.3) is 0 Å². The van der Waals surface area contributed by atoms with Gasteiger partial charge in [-0.15, -0.1) is 0 Å². The molecule has 0 aliphatic heterocycles. The summed E-state index contributed by atoms with van der Waals surface area (Å²) in [5.41, 5.74) is 1.13. The lowest BCUT2D eigenvalue weighted by Crippen LogP contribution is -2.30. The maximum absolute atomic E-state index is 2.42. The number of rotatable bonds is 0. The predicted molar refractivity (Wildman–Crippen MR) is 66.5 cm³/mol. The van der Waals surface area contributed by atoms with E-state index >= 15 is 0 Å². The van der Waals surface area contributed by atoms with Crippen molar-refractivity contribution in [2.24, 2.45) is 16.7 Å². The Morgan fingerprint density at radius 3 is 1.86 bits per heavy atom. The lowest BCUT2D eigenvalue weighted by molar-refractivity contribution is 0.0959. The fourth-order valence-corrected chi connectivity index (χ4v) is 2.44. The molecule has 0 radical (unpaired) electrons. The zero-order chi connectivity index (χ0) is 11.4. The van der Waals surface area contributed by atoms with Crippen molar-refractivity contribution in [2.45, 2.75) is 74.1 Å². The number of hydrogen-bond acceptors (Lipinski definition) is 0. The molecule has 0 heteroatoms. The van der Waals surface area contributed by atoms with Gasteiger partial charge in [0, 0.05) is 0 Å². The van der Waals surface area contributed by atoms with Crippen molar-refractivity contribution in [2.75, 3.05) is 0 Å². The highest BCUT2D eigenvalue weighted by Gasteiger charge is 2.34. The third-order valence-electron chi connectivity index (χ3n) is 3.43. The predicted octanol–water partition coefficient (Wildman–Crippen LogP) is 5.28. The molecule has 1 fully saturated rings. The van der Waals surface area contributed by atoms with Crippen LogP contribution in [-0.2, 0) is 0 Å². The smallest absolute Gasteiger partial charge is 0.0351 e. The summed E-state index contributed by atoms with van der Waals surface area (Å²) in [6.45, 7) is 16.0. The third kappa shape index (κ3) is 4.48. The van der Waals surface area contributed by atoms with Gasteiger partial charge in [0.05, 0.1) is 0 Å². The summed E-state index contributed by atoms with van der Waals surface area (Å²) in [7, 11) is 0. The normalized spacial score (nSPS) is 26.4. The molecule has 0 bridgehead atoms. The molecule has 0 aromatic heterocycles. The second-order valence-electron chi connectivity index (χ2n) is 6.32. The van der Waals surface area contributed by atoms with E-state index in [-0.39, 0.29) is 0 Å². The van der Waals surface area contributed by atoms with E-state index in [0.717, 1.165) is 5.92 Å². The van der Waals surface area contributed by atoms with Crippen molar-refractivity contribution >= 4 is 0 Å². The highest BCUT2D eigenvalue weighted by atomic mass is 14.4. The van der Waals surface area contributed by atoms with Gasteiger partial charge in [-0.3, -0.25) is 0 Å². The summed E-state index contributed by atoms with van der Waals surface area (Å²) < 4.78 is 0. The average Bonchev–Trinajstić information content (AvgIpc) is 2.04. The minimum Gasteiger partial charge on any atom is -0.0683 e. The highest BCUT2D eigenvalue weighted by Crippen LogP contribution is 2.45. The molecule has 1 aliphatic carbocycles. The first kappa shape index (κ1) is 14.0. The monoisotopic (exact) mass is 198 g/mol. The fourth-order valence-electron chi connectivity index (χ4n) is 2.44. The lowest BCUT2D eigenvalue weighted by atomic mass is 9.64. The van der Waals surface area contributed by atoms with Crippen LogP contribution in [0.1, 0.15) is 74.1 Å². The largest absolute Gasteiger partial charge is 0.0683 e. The quantitative estimate of drug-likeness (QED) is 0.497. The van der Waals surface area contributed by atoms with Crippen LogP contribution in [0.2, 0.25) is 0 Å². The van der Waals surface area contributed by atoms with Crippen LogP contribution in [0.15, 0.2) is 0 Å². The van der Waals surface area contributed by atoms with Crippen LogP contribution in [0.5, 0.6) is 0 Å². The zero-order valence-corrected chi connectivity index (χ0v) is 11.4. The summed E-state index contributed by atoms with van der Waals surface area (Å²) in [6.07, 6.45) is 5.75. The van der Waals surface area contributed by atoms with Crippen LogP contribution in [0.3, 0.4) is 0 Å². The molecule has 0 aromatic rings. The van der Waals surface area contributed by atoms with Crippen molar-refractivity contribution in [3.8, 4) is 0 Å². The van der Waals surface area contributed by atoms with E-state index in [2.05, 4.69) is 34.6 Å². The summed E-state index contributed by atoms with van der Waals surface area (Å²) in [5, 5.41) is 0. The van der Waals surface area contributed by atoms with Gasteiger partial charge in [0.25, 0.3) is 0 Å². The summed E-state index contributed by atoms with van der Waals surface area (Å²) in [6, 6.07) is 0. The van der Waals surface area contributed by atoms with Crippen LogP contribution in [-0.4, -0.2) is 0 Å². The molecule has 1 aliphatic rings. The molecule has 1 saturated carbocycles. The summed E-state index contributed by atoms with van der Waals surface area (Å²) in [4.78, 5) is 0. The summed E-state index contributed by atoms with van der Waals surface area (Å²) >= 11 is 0. The molecule has 1 rings (SSSR count). The Kier molecular flexibility index (Phi) is 5.19. The fraction of sp³-hybridized carbons (Fsp3) is 1.00. The molecule has 0 saturated heterocycles. The van der Waals surface area contributed by atoms with E-state index in [9.17, 15) is 0 Å². The molecule has 1 unspecified atom stereocenters. The van der Waals surface area contributed by atoms with Gasteiger partial charge in [-0.25, -0.2) is 0 Å². The second kappa shape index (κ2) is 5.19. The molecular weight excluding hydrogens is 168 g/mol. The Morgan fingerprint density at radius 1 is 1.07 bits per heavy atom. The molecule has 0 nitrogen and oxygen atoms in total. The van der Waals surface area contributed by atoms with Crippen LogP contribution >= 0.6 is 0 Å². The van der Waals surface area contributed by atoms with Gasteiger partial charge in [0.2, 0.25) is 0 Å². The first-order valence-corrected chi connectivity index (χ1v) is 6.31. The maximum Gasteiger partial charge on any atom is -0.0351 e. The molecule has 1 atom stereocenters. The Morgan fingerprint density at radius 2 is 1.57 bits per heavy atom. The van der Waals surface area contributed by atoms with Gasteiger partial charge < -0.3 is 0 Å². The standard InChI is InChI=1S/C12H24.C2H6/c1-11(2,3)10-7-6-8-12(4,5)9-10;1-2/h10H,6-9H2,1-5H3;1-2H3. The maximum atomic E-state index is 2.42. The van der Waals surface area contributed by atoms with Crippen molar-refractivity contribution in [1.29, 1.82) is 0 Å². The Bertz CT molecular complexity index is 145. The Labute approximate surface area is 91.5 Å². The van der Waals surface area contributed by atoms with Crippen LogP contribution < -0.4 is 0 Å². The first-order valence-electron chi connectivity index (χ1n) is 6.31. The second-order valence-corrected chi connectivity index (χ2v) is 6.32. The van der Waals surface area contributed by atoms with Gasteiger partial charge >= 0.3 is 0 Å². The zero-order valence-electron chi connectivity index (χ0n) is 11.4. The molecule has 0 N–H and O–H groups in total. The van der Waals surface area contributed by atoms with Gasteiger partial charge in [-0.1, -0.05) is 54.9 Å². The van der Waals surface area contributed by atoms with Gasteiger partial charge in [-0.2, -0.15) is 0 Å². The molecule has 0 heterocycles.